The van der Waals surface area contributed by atoms with Gasteiger partial charge >= 0.3 is 0 Å². The van der Waals surface area contributed by atoms with E-state index in [2.05, 4.69) is 27.9 Å². The number of nitrogens with one attached hydrogen (secondary N) is 1. The molecule has 2 N–H and O–H groups in total. The second-order valence-electron chi connectivity index (χ2n) is 8.79. The third-order valence-electron chi connectivity index (χ3n) is 6.29. The largest absolute Gasteiger partial charge is 0.494 e. The molecule has 1 fully saturated rings. The van der Waals surface area contributed by atoms with Crippen molar-refractivity contribution in [3.8, 4) is 5.75 Å². The van der Waals surface area contributed by atoms with Crippen molar-refractivity contribution < 1.29 is 19.4 Å². The Hall–Kier alpha value is -2.68. The van der Waals surface area contributed by atoms with Crippen LogP contribution >= 0.6 is 15.9 Å². The second kappa shape index (κ2) is 11.8. The van der Waals surface area contributed by atoms with Gasteiger partial charge in [-0.25, -0.2) is 10.0 Å². The SMILES string of the molecule is C=CC[C@]1(C(=O)NN2CCCCC2)N=C(c2ccc(OCCCO)cc2)O[C@H]1c1ccccc1Br. The third kappa shape index (κ3) is 5.77. The summed E-state index contributed by atoms with van der Waals surface area (Å²) in [6.45, 7) is 6.11. The molecule has 1 amide bonds. The fraction of sp³-hybridized carbons (Fsp3) is 0.407. The number of carbonyl (C=O) groups is 1. The number of carbonyl (C=O) groups excluding carboxylic acids is 1. The Morgan fingerprint density at radius 2 is 1.97 bits per heavy atom. The molecule has 0 aromatic heterocycles. The lowest BCUT2D eigenvalue weighted by atomic mass is 9.84. The summed E-state index contributed by atoms with van der Waals surface area (Å²) >= 11 is 3.64. The van der Waals surface area contributed by atoms with Gasteiger partial charge in [-0.15, -0.1) is 6.58 Å². The first-order valence-electron chi connectivity index (χ1n) is 12.1. The highest BCUT2D eigenvalue weighted by atomic mass is 79.9. The molecule has 0 spiro atoms. The van der Waals surface area contributed by atoms with E-state index in [0.717, 1.165) is 41.5 Å². The fourth-order valence-corrected chi connectivity index (χ4v) is 4.94. The van der Waals surface area contributed by atoms with Crippen molar-refractivity contribution in [3.05, 3.63) is 76.8 Å². The Balaban J connectivity index is 1.68. The summed E-state index contributed by atoms with van der Waals surface area (Å²) in [4.78, 5) is 18.8. The van der Waals surface area contributed by atoms with Gasteiger partial charge in [0.05, 0.1) is 6.61 Å². The molecule has 0 unspecified atom stereocenters. The van der Waals surface area contributed by atoms with E-state index in [4.69, 9.17) is 19.6 Å². The molecule has 1 saturated heterocycles. The number of aliphatic hydroxyl groups is 1. The molecular weight excluding hydrogens is 510 g/mol. The van der Waals surface area contributed by atoms with Gasteiger partial charge in [0.1, 0.15) is 5.75 Å². The highest BCUT2D eigenvalue weighted by Crippen LogP contribution is 2.44. The molecule has 0 bridgehead atoms. The molecule has 186 valence electrons. The van der Waals surface area contributed by atoms with Crippen molar-refractivity contribution in [2.45, 2.75) is 43.7 Å². The molecule has 2 aromatic carbocycles. The number of ether oxygens (including phenoxy) is 2. The van der Waals surface area contributed by atoms with Crippen molar-refractivity contribution >= 4 is 27.7 Å². The number of aliphatic hydroxyl groups excluding tert-OH is 1. The number of rotatable bonds is 10. The van der Waals surface area contributed by atoms with Gasteiger partial charge in [0, 0.05) is 48.1 Å². The summed E-state index contributed by atoms with van der Waals surface area (Å²) < 4.78 is 12.9. The van der Waals surface area contributed by atoms with E-state index < -0.39 is 11.6 Å². The van der Waals surface area contributed by atoms with Gasteiger partial charge in [0.25, 0.3) is 5.91 Å². The quantitative estimate of drug-likeness (QED) is 0.340. The number of nitrogens with zero attached hydrogens (tertiary/aromatic N) is 2. The van der Waals surface area contributed by atoms with Crippen LogP contribution in [0, 0.1) is 0 Å². The number of aliphatic imine (C=N–C) groups is 1. The van der Waals surface area contributed by atoms with Crippen molar-refractivity contribution in [2.24, 2.45) is 4.99 Å². The number of hydrazine groups is 1. The Morgan fingerprint density at radius 1 is 1.23 bits per heavy atom. The van der Waals surface area contributed by atoms with E-state index in [0.29, 0.717) is 31.1 Å². The summed E-state index contributed by atoms with van der Waals surface area (Å²) in [6, 6.07) is 15.2. The maximum atomic E-state index is 13.9. The Morgan fingerprint density at radius 3 is 2.66 bits per heavy atom. The molecule has 2 aliphatic rings. The standard InChI is InChI=1S/C27H32BrN3O4/c1-2-15-27(26(33)30-31-16-6-3-7-17-31)24(22-9-4-5-10-23(22)28)35-25(29-27)20-11-13-21(14-12-20)34-19-8-18-32/h2,4-5,9-14,24,32H,1,3,6-8,15-19H2,(H,30,33)/t24-,27-/m0/s1. The van der Waals surface area contributed by atoms with Gasteiger partial charge < -0.3 is 14.6 Å². The van der Waals surface area contributed by atoms with Gasteiger partial charge in [0.15, 0.2) is 11.6 Å². The maximum Gasteiger partial charge on any atom is 0.266 e. The van der Waals surface area contributed by atoms with Gasteiger partial charge in [-0.2, -0.15) is 0 Å². The summed E-state index contributed by atoms with van der Waals surface area (Å²) in [6.07, 6.45) is 5.28. The van der Waals surface area contributed by atoms with Gasteiger partial charge in [0.2, 0.25) is 5.90 Å². The lowest BCUT2D eigenvalue weighted by molar-refractivity contribution is -0.134. The molecule has 2 atom stereocenters. The minimum atomic E-state index is -1.20. The van der Waals surface area contributed by atoms with Crippen LogP contribution in [0.25, 0.3) is 0 Å². The minimum Gasteiger partial charge on any atom is -0.494 e. The van der Waals surface area contributed by atoms with Crippen LogP contribution in [-0.2, 0) is 9.53 Å². The molecule has 0 aliphatic carbocycles. The normalized spacial score (nSPS) is 22.2. The smallest absolute Gasteiger partial charge is 0.266 e. The molecule has 8 heteroatoms. The first-order valence-corrected chi connectivity index (χ1v) is 12.9. The summed E-state index contributed by atoms with van der Waals surface area (Å²) in [5, 5.41) is 10.9. The van der Waals surface area contributed by atoms with Crippen LogP contribution in [0.3, 0.4) is 0 Å². The average Bonchev–Trinajstić information content (AvgIpc) is 3.26. The lowest BCUT2D eigenvalue weighted by Crippen LogP contribution is -2.55. The zero-order valence-corrected chi connectivity index (χ0v) is 21.4. The number of benzene rings is 2. The predicted molar refractivity (Wildman–Crippen MR) is 139 cm³/mol. The van der Waals surface area contributed by atoms with Gasteiger partial charge in [-0.3, -0.25) is 10.2 Å². The fourth-order valence-electron chi connectivity index (χ4n) is 4.45. The molecule has 0 radical (unpaired) electrons. The van der Waals surface area contributed by atoms with Crippen molar-refractivity contribution in [1.29, 1.82) is 0 Å². The average molecular weight is 542 g/mol. The Kier molecular flexibility index (Phi) is 8.59. The molecule has 4 rings (SSSR count). The van der Waals surface area contributed by atoms with Crippen molar-refractivity contribution in [3.63, 3.8) is 0 Å². The third-order valence-corrected chi connectivity index (χ3v) is 7.01. The Bertz CT molecular complexity index is 1050. The van der Waals surface area contributed by atoms with Crippen LogP contribution in [0.5, 0.6) is 5.75 Å². The van der Waals surface area contributed by atoms with Crippen LogP contribution in [0.2, 0.25) is 0 Å². The zero-order valence-electron chi connectivity index (χ0n) is 19.8. The molecule has 2 aliphatic heterocycles. The van der Waals surface area contributed by atoms with Crippen LogP contribution in [0.4, 0.5) is 0 Å². The van der Waals surface area contributed by atoms with E-state index in [1.54, 1.807) is 6.08 Å². The highest BCUT2D eigenvalue weighted by Gasteiger charge is 2.53. The van der Waals surface area contributed by atoms with Crippen LogP contribution < -0.4 is 10.2 Å². The number of hydrogen-bond acceptors (Lipinski definition) is 6. The number of piperidine rings is 1. The van der Waals surface area contributed by atoms with Gasteiger partial charge in [-0.05, 0) is 43.2 Å². The summed E-state index contributed by atoms with van der Waals surface area (Å²) in [7, 11) is 0. The summed E-state index contributed by atoms with van der Waals surface area (Å²) in [5.74, 6) is 0.908. The topological polar surface area (TPSA) is 83.4 Å². The van der Waals surface area contributed by atoms with Crippen LogP contribution in [-0.4, -0.2) is 53.8 Å². The highest BCUT2D eigenvalue weighted by molar-refractivity contribution is 9.10. The van der Waals surface area contributed by atoms with E-state index in [1.807, 2.05) is 53.5 Å². The monoisotopic (exact) mass is 541 g/mol. The Labute approximate surface area is 214 Å². The second-order valence-corrected chi connectivity index (χ2v) is 9.65. The predicted octanol–water partition coefficient (Wildman–Crippen LogP) is 4.56. The molecule has 2 heterocycles. The minimum absolute atomic E-state index is 0.0873. The van der Waals surface area contributed by atoms with E-state index in [9.17, 15) is 4.79 Å². The zero-order chi connectivity index (χ0) is 24.7. The molecular formula is C27H32BrN3O4. The van der Waals surface area contributed by atoms with E-state index >= 15 is 0 Å². The lowest BCUT2D eigenvalue weighted by Gasteiger charge is -2.34. The summed E-state index contributed by atoms with van der Waals surface area (Å²) in [5.41, 5.74) is 3.53. The van der Waals surface area contributed by atoms with Crippen molar-refractivity contribution in [2.75, 3.05) is 26.3 Å². The first kappa shape index (κ1) is 25.4. The van der Waals surface area contributed by atoms with Crippen LogP contribution in [0.1, 0.15) is 49.3 Å². The van der Waals surface area contributed by atoms with E-state index in [1.165, 1.54) is 6.42 Å². The number of hydrogen-bond donors (Lipinski definition) is 2. The molecule has 35 heavy (non-hydrogen) atoms. The maximum absolute atomic E-state index is 13.9. The van der Waals surface area contributed by atoms with Gasteiger partial charge in [-0.1, -0.05) is 46.6 Å². The first-order chi connectivity index (χ1) is 17.1. The van der Waals surface area contributed by atoms with Crippen molar-refractivity contribution in [1.82, 2.24) is 10.4 Å². The van der Waals surface area contributed by atoms with E-state index in [-0.39, 0.29) is 12.5 Å². The molecule has 7 nitrogen and oxygen atoms in total. The number of amides is 1. The number of halogens is 1. The molecule has 0 saturated carbocycles. The molecule has 2 aromatic rings. The van der Waals surface area contributed by atoms with Crippen LogP contribution in [0.15, 0.2) is 70.7 Å².